The first-order valence-corrected chi connectivity index (χ1v) is 9.41. The Labute approximate surface area is 165 Å². The van der Waals surface area contributed by atoms with Crippen molar-refractivity contribution in [3.8, 4) is 0 Å². The van der Waals surface area contributed by atoms with Crippen LogP contribution < -0.4 is 0 Å². The van der Waals surface area contributed by atoms with Crippen LogP contribution in [0.4, 0.5) is 0 Å². The maximum absolute atomic E-state index is 12.4. The van der Waals surface area contributed by atoms with Crippen LogP contribution in [0.25, 0.3) is 5.57 Å². The van der Waals surface area contributed by atoms with Gasteiger partial charge in [0.15, 0.2) is 0 Å². The highest BCUT2D eigenvalue weighted by molar-refractivity contribution is 5.91. The van der Waals surface area contributed by atoms with Crippen molar-refractivity contribution in [3.05, 3.63) is 64.7 Å². The van der Waals surface area contributed by atoms with Gasteiger partial charge in [-0.05, 0) is 59.2 Å². The molecule has 3 rings (SSSR count). The van der Waals surface area contributed by atoms with E-state index in [2.05, 4.69) is 4.98 Å². The minimum atomic E-state index is -0.578. The molecule has 1 saturated heterocycles. The summed E-state index contributed by atoms with van der Waals surface area (Å²) >= 11 is 0. The summed E-state index contributed by atoms with van der Waals surface area (Å²) in [6, 6.07) is 11.5. The van der Waals surface area contributed by atoms with Gasteiger partial charge in [-0.15, -0.1) is 0 Å². The summed E-state index contributed by atoms with van der Waals surface area (Å²) in [5.74, 6) is -0.0572. The third kappa shape index (κ3) is 4.19. The summed E-state index contributed by atoms with van der Waals surface area (Å²) in [5.41, 5.74) is 2.76. The number of cyclic esters (lactones) is 1. The summed E-state index contributed by atoms with van der Waals surface area (Å²) < 4.78 is 11.1. The molecular weight excluding hydrogens is 354 g/mol. The normalized spacial score (nSPS) is 18.0. The molecule has 148 valence electrons. The summed E-state index contributed by atoms with van der Waals surface area (Å²) in [4.78, 5) is 27.8. The minimum Gasteiger partial charge on any atom is -0.455 e. The molecule has 0 saturated carbocycles. The topological polar surface area (TPSA) is 68.4 Å². The molecule has 0 radical (unpaired) electrons. The number of allylic oxidation sites excluding steroid dienone is 1. The van der Waals surface area contributed by atoms with Gasteiger partial charge in [0, 0.05) is 12.0 Å². The first-order chi connectivity index (χ1) is 13.0. The summed E-state index contributed by atoms with van der Waals surface area (Å²) in [6.07, 6.45) is 0.496. The fourth-order valence-corrected chi connectivity index (χ4v) is 3.08. The van der Waals surface area contributed by atoms with E-state index in [1.54, 1.807) is 6.07 Å². The zero-order valence-corrected chi connectivity index (χ0v) is 17.3. The number of aromatic amines is 1. The number of rotatable bonds is 3. The zero-order chi connectivity index (χ0) is 20.7. The lowest BCUT2D eigenvalue weighted by Gasteiger charge is -2.18. The van der Waals surface area contributed by atoms with Crippen molar-refractivity contribution >= 4 is 17.5 Å². The number of ether oxygens (including phenoxy) is 2. The maximum atomic E-state index is 12.4. The molecule has 1 aromatic carbocycles. The van der Waals surface area contributed by atoms with Gasteiger partial charge in [0.05, 0.1) is 11.1 Å². The molecule has 0 bridgehead atoms. The fourth-order valence-electron chi connectivity index (χ4n) is 3.08. The maximum Gasteiger partial charge on any atom is 0.355 e. The van der Waals surface area contributed by atoms with Crippen molar-refractivity contribution in [2.75, 3.05) is 0 Å². The minimum absolute atomic E-state index is 0.244. The van der Waals surface area contributed by atoms with E-state index in [4.69, 9.17) is 9.47 Å². The van der Waals surface area contributed by atoms with Crippen molar-refractivity contribution in [1.29, 1.82) is 0 Å². The van der Waals surface area contributed by atoms with Crippen LogP contribution in [0, 0.1) is 12.3 Å². The smallest absolute Gasteiger partial charge is 0.355 e. The highest BCUT2D eigenvalue weighted by Crippen LogP contribution is 2.41. The summed E-state index contributed by atoms with van der Waals surface area (Å²) in [6.45, 7) is 11.2. The number of H-pyrrole nitrogens is 1. The van der Waals surface area contributed by atoms with Gasteiger partial charge < -0.3 is 14.5 Å². The van der Waals surface area contributed by atoms with Crippen LogP contribution in [0.2, 0.25) is 0 Å². The molecule has 0 spiro atoms. The van der Waals surface area contributed by atoms with Crippen molar-refractivity contribution in [3.63, 3.8) is 0 Å². The molecule has 1 aliphatic heterocycles. The van der Waals surface area contributed by atoms with Gasteiger partial charge in [0.1, 0.15) is 17.1 Å². The van der Waals surface area contributed by atoms with E-state index in [1.807, 2.05) is 71.9 Å². The van der Waals surface area contributed by atoms with Gasteiger partial charge in [-0.1, -0.05) is 29.8 Å². The molecule has 0 unspecified atom stereocenters. The molecule has 0 aliphatic carbocycles. The van der Waals surface area contributed by atoms with Crippen LogP contribution in [-0.4, -0.2) is 22.5 Å². The third-order valence-electron chi connectivity index (χ3n) is 4.56. The Morgan fingerprint density at radius 3 is 2.21 bits per heavy atom. The van der Waals surface area contributed by atoms with E-state index in [-0.39, 0.29) is 5.97 Å². The van der Waals surface area contributed by atoms with E-state index in [0.29, 0.717) is 23.6 Å². The van der Waals surface area contributed by atoms with E-state index in [0.717, 1.165) is 16.7 Å². The number of hydrogen-bond acceptors (Lipinski definition) is 4. The molecule has 1 fully saturated rings. The molecule has 1 aliphatic rings. The number of carbonyl (C=O) groups excluding carboxylic acids is 2. The van der Waals surface area contributed by atoms with Gasteiger partial charge >= 0.3 is 11.9 Å². The van der Waals surface area contributed by atoms with E-state index >= 15 is 0 Å². The quantitative estimate of drug-likeness (QED) is 0.759. The molecule has 2 aromatic rings. The van der Waals surface area contributed by atoms with Crippen LogP contribution in [0.1, 0.15) is 68.3 Å². The predicted molar refractivity (Wildman–Crippen MR) is 108 cm³/mol. The molecule has 5 heteroatoms. The zero-order valence-electron chi connectivity index (χ0n) is 17.3. The molecule has 1 aromatic heterocycles. The number of esters is 2. The Kier molecular flexibility index (Phi) is 4.96. The molecule has 2 heterocycles. The second-order valence-corrected chi connectivity index (χ2v) is 8.90. The molecule has 28 heavy (non-hydrogen) atoms. The van der Waals surface area contributed by atoms with Crippen LogP contribution >= 0.6 is 0 Å². The fraction of sp³-hybridized carbons (Fsp3) is 0.391. The number of aromatic nitrogens is 1. The summed E-state index contributed by atoms with van der Waals surface area (Å²) in [7, 11) is 0. The predicted octanol–water partition coefficient (Wildman–Crippen LogP) is 5.01. The van der Waals surface area contributed by atoms with Crippen molar-refractivity contribution in [1.82, 2.24) is 4.98 Å². The Balaban J connectivity index is 2.06. The van der Waals surface area contributed by atoms with Crippen LogP contribution in [0.5, 0.6) is 0 Å². The molecular formula is C23H27NO4. The van der Waals surface area contributed by atoms with Gasteiger partial charge in [-0.3, -0.25) is 4.79 Å². The molecule has 0 amide bonds. The highest BCUT2D eigenvalue weighted by Gasteiger charge is 2.40. The largest absolute Gasteiger partial charge is 0.455 e. The molecule has 0 atom stereocenters. The lowest BCUT2D eigenvalue weighted by molar-refractivity contribution is -0.142. The SMILES string of the molecule is Cc1ccc(/C(=C2/CC(C)(C)C(=O)O2)c2ccc(C(=O)OC(C)(C)C)[nH]2)cc1. The third-order valence-corrected chi connectivity index (χ3v) is 4.56. The van der Waals surface area contributed by atoms with Gasteiger partial charge in [0.25, 0.3) is 0 Å². The Morgan fingerprint density at radius 2 is 1.68 bits per heavy atom. The number of hydrogen-bond donors (Lipinski definition) is 1. The number of benzene rings is 1. The Hall–Kier alpha value is -2.82. The average molecular weight is 381 g/mol. The van der Waals surface area contributed by atoms with Crippen molar-refractivity contribution < 1.29 is 19.1 Å². The van der Waals surface area contributed by atoms with E-state index < -0.39 is 17.0 Å². The van der Waals surface area contributed by atoms with E-state index in [1.165, 1.54) is 0 Å². The number of nitrogens with one attached hydrogen (secondary N) is 1. The van der Waals surface area contributed by atoms with Gasteiger partial charge in [-0.2, -0.15) is 0 Å². The lowest BCUT2D eigenvalue weighted by Crippen LogP contribution is -2.24. The second kappa shape index (κ2) is 6.97. The van der Waals surface area contributed by atoms with E-state index in [9.17, 15) is 9.59 Å². The van der Waals surface area contributed by atoms with Crippen LogP contribution in [0.3, 0.4) is 0 Å². The second-order valence-electron chi connectivity index (χ2n) is 8.90. The Bertz CT molecular complexity index is 940. The number of aryl methyl sites for hydroxylation is 1. The van der Waals surface area contributed by atoms with Gasteiger partial charge in [-0.25, -0.2) is 4.79 Å². The van der Waals surface area contributed by atoms with Crippen LogP contribution in [-0.2, 0) is 14.3 Å². The first kappa shape index (κ1) is 19.9. The first-order valence-electron chi connectivity index (χ1n) is 9.41. The monoisotopic (exact) mass is 381 g/mol. The Morgan fingerprint density at radius 1 is 1.07 bits per heavy atom. The highest BCUT2D eigenvalue weighted by atomic mass is 16.6. The molecule has 1 N–H and O–H groups in total. The molecule has 5 nitrogen and oxygen atoms in total. The standard InChI is InChI=1S/C23H27NO4/c1-14-7-9-15(10-8-14)19(18-13-23(5,6)21(26)27-18)16-11-12-17(24-16)20(25)28-22(2,3)4/h7-12,24H,13H2,1-6H3/b19-18+. The average Bonchev–Trinajstić information content (AvgIpc) is 3.14. The summed E-state index contributed by atoms with van der Waals surface area (Å²) in [5, 5.41) is 0. The van der Waals surface area contributed by atoms with Crippen molar-refractivity contribution in [2.45, 2.75) is 53.6 Å². The van der Waals surface area contributed by atoms with Crippen LogP contribution in [0.15, 0.2) is 42.2 Å². The lowest BCUT2D eigenvalue weighted by atomic mass is 9.89. The van der Waals surface area contributed by atoms with Crippen molar-refractivity contribution in [2.24, 2.45) is 5.41 Å². The van der Waals surface area contributed by atoms with Gasteiger partial charge in [0.2, 0.25) is 0 Å². The number of carbonyl (C=O) groups is 2.